The molecule has 0 amide bonds. The maximum absolute atomic E-state index is 5.64. The van der Waals surface area contributed by atoms with E-state index >= 15 is 0 Å². The minimum atomic E-state index is -2.74. The number of hydrogen-bond acceptors (Lipinski definition) is 3. The molecule has 2 aromatic rings. The van der Waals surface area contributed by atoms with Crippen molar-refractivity contribution in [3.05, 3.63) is 71.3 Å². The first kappa shape index (κ1) is 17.6. The van der Waals surface area contributed by atoms with Crippen LogP contribution < -0.4 is 0 Å². The van der Waals surface area contributed by atoms with Crippen LogP contribution in [0.4, 0.5) is 0 Å². The molecule has 0 radical (unpaired) electrons. The van der Waals surface area contributed by atoms with E-state index in [-0.39, 0.29) is 5.54 Å². The van der Waals surface area contributed by atoms with E-state index < -0.39 is 8.80 Å². The van der Waals surface area contributed by atoms with Crippen molar-refractivity contribution in [1.29, 1.82) is 0 Å². The van der Waals surface area contributed by atoms with Crippen LogP contribution in [-0.2, 0) is 13.3 Å². The molecule has 0 aliphatic carbocycles. The predicted molar refractivity (Wildman–Crippen MR) is 97.0 cm³/mol. The van der Waals surface area contributed by atoms with Gasteiger partial charge in [0, 0.05) is 21.3 Å². The van der Waals surface area contributed by atoms with E-state index in [1.807, 2.05) is 30.3 Å². The van der Waals surface area contributed by atoms with Crippen molar-refractivity contribution in [2.75, 3.05) is 21.3 Å². The molecule has 0 saturated carbocycles. The summed E-state index contributed by atoms with van der Waals surface area (Å²) in [7, 11) is 2.22. The van der Waals surface area contributed by atoms with Crippen molar-refractivity contribution in [2.45, 2.75) is 12.5 Å². The first-order valence-electron chi connectivity index (χ1n) is 7.64. The van der Waals surface area contributed by atoms with Gasteiger partial charge in [0.25, 0.3) is 0 Å². The second-order valence-electron chi connectivity index (χ2n) is 5.31. The Morgan fingerprint density at radius 2 is 1.35 bits per heavy atom. The maximum atomic E-state index is 5.64. The summed E-state index contributed by atoms with van der Waals surface area (Å²) in [6, 6.07) is 18.5. The second-order valence-corrected chi connectivity index (χ2v) is 8.61. The molecule has 0 saturated heterocycles. The van der Waals surface area contributed by atoms with Crippen LogP contribution in [0, 0.1) is 0 Å². The van der Waals surface area contributed by atoms with Gasteiger partial charge in [0.2, 0.25) is 0 Å². The van der Waals surface area contributed by atoms with Gasteiger partial charge >= 0.3 is 8.80 Å². The molecule has 0 N–H and O–H groups in total. The quantitative estimate of drug-likeness (QED) is 0.558. The van der Waals surface area contributed by atoms with Gasteiger partial charge in [-0.05, 0) is 16.7 Å². The Kier molecular flexibility index (Phi) is 6.30. The molecule has 1 unspecified atom stereocenters. The summed E-state index contributed by atoms with van der Waals surface area (Å²) in [4.78, 5) is 0. The summed E-state index contributed by atoms with van der Waals surface area (Å²) >= 11 is 0. The lowest BCUT2D eigenvalue weighted by atomic mass is 10.0. The van der Waals surface area contributed by atoms with E-state index in [2.05, 4.69) is 43.3 Å². The van der Waals surface area contributed by atoms with Crippen LogP contribution in [0.15, 0.2) is 54.6 Å². The molecule has 0 aliphatic rings. The molecule has 122 valence electrons. The Balaban J connectivity index is 2.35. The highest BCUT2D eigenvalue weighted by Crippen LogP contribution is 2.31. The third kappa shape index (κ3) is 3.98. The van der Waals surface area contributed by atoms with E-state index in [4.69, 9.17) is 13.3 Å². The summed E-state index contributed by atoms with van der Waals surface area (Å²) in [5.74, 6) is 0. The van der Waals surface area contributed by atoms with Crippen LogP contribution in [0.3, 0.4) is 0 Å². The molecule has 2 rings (SSSR count). The molecular weight excluding hydrogens is 304 g/mol. The topological polar surface area (TPSA) is 27.7 Å². The van der Waals surface area contributed by atoms with E-state index in [9.17, 15) is 0 Å². The third-order valence-corrected chi connectivity index (χ3v) is 7.18. The molecule has 1 atom stereocenters. The van der Waals surface area contributed by atoms with Crippen LogP contribution in [0.1, 0.15) is 29.2 Å². The summed E-state index contributed by atoms with van der Waals surface area (Å²) in [6.07, 6.45) is 4.24. The number of rotatable bonds is 7. The zero-order valence-corrected chi connectivity index (χ0v) is 15.2. The average Bonchev–Trinajstić information content (AvgIpc) is 2.63. The fraction of sp³-hybridized carbons (Fsp3) is 0.263. The first-order valence-corrected chi connectivity index (χ1v) is 9.44. The minimum absolute atomic E-state index is 0.0409. The summed E-state index contributed by atoms with van der Waals surface area (Å²) < 4.78 is 16.9. The standard InChI is InChI=1S/C19H24O3Si/c1-16(23(20-2,21-3)22-4)19-13-9-8-12-18(19)15-14-17-10-6-5-7-11-17/h5-16H,1-4H3/b15-14+. The van der Waals surface area contributed by atoms with Crippen molar-refractivity contribution in [1.82, 2.24) is 0 Å². The lowest BCUT2D eigenvalue weighted by Gasteiger charge is -2.31. The van der Waals surface area contributed by atoms with E-state index in [0.29, 0.717) is 0 Å². The highest BCUT2D eigenvalue weighted by atomic mass is 28.4. The Bertz CT molecular complexity index is 628. The molecule has 0 fully saturated rings. The van der Waals surface area contributed by atoms with Crippen molar-refractivity contribution in [3.8, 4) is 0 Å². The Hall–Kier alpha value is -1.72. The van der Waals surface area contributed by atoms with Gasteiger partial charge in [-0.2, -0.15) is 0 Å². The van der Waals surface area contributed by atoms with Crippen LogP contribution in [0.25, 0.3) is 12.2 Å². The third-order valence-electron chi connectivity index (χ3n) is 4.10. The van der Waals surface area contributed by atoms with E-state index in [0.717, 1.165) is 11.1 Å². The lowest BCUT2D eigenvalue weighted by Crippen LogP contribution is -2.48. The second kappa shape index (κ2) is 8.22. The highest BCUT2D eigenvalue weighted by Gasteiger charge is 2.45. The summed E-state index contributed by atoms with van der Waals surface area (Å²) in [6.45, 7) is 2.10. The Labute approximate surface area is 139 Å². The van der Waals surface area contributed by atoms with Crippen LogP contribution in [-0.4, -0.2) is 30.1 Å². The van der Waals surface area contributed by atoms with Crippen LogP contribution >= 0.6 is 0 Å². The van der Waals surface area contributed by atoms with Gasteiger partial charge in [-0.25, -0.2) is 0 Å². The van der Waals surface area contributed by atoms with Crippen molar-refractivity contribution >= 4 is 21.0 Å². The SMILES string of the molecule is CO[Si](OC)(OC)C(C)c1ccccc1/C=C/c1ccccc1. The zero-order chi connectivity index (χ0) is 16.7. The van der Waals surface area contributed by atoms with Crippen LogP contribution in [0.5, 0.6) is 0 Å². The smallest absolute Gasteiger partial charge is 0.376 e. The van der Waals surface area contributed by atoms with Gasteiger partial charge in [-0.1, -0.05) is 73.7 Å². The number of hydrogen-bond donors (Lipinski definition) is 0. The van der Waals surface area contributed by atoms with Crippen molar-refractivity contribution < 1.29 is 13.3 Å². The van der Waals surface area contributed by atoms with Crippen molar-refractivity contribution in [3.63, 3.8) is 0 Å². The highest BCUT2D eigenvalue weighted by molar-refractivity contribution is 6.62. The Morgan fingerprint density at radius 3 is 1.96 bits per heavy atom. The average molecular weight is 328 g/mol. The van der Waals surface area contributed by atoms with Gasteiger partial charge in [0.1, 0.15) is 0 Å². The lowest BCUT2D eigenvalue weighted by molar-refractivity contribution is 0.114. The molecule has 0 bridgehead atoms. The van der Waals surface area contributed by atoms with Gasteiger partial charge in [0.15, 0.2) is 0 Å². The molecule has 4 heteroatoms. The van der Waals surface area contributed by atoms with Gasteiger partial charge in [-0.15, -0.1) is 0 Å². The van der Waals surface area contributed by atoms with E-state index in [1.165, 1.54) is 5.56 Å². The monoisotopic (exact) mass is 328 g/mol. The first-order chi connectivity index (χ1) is 11.2. The van der Waals surface area contributed by atoms with Gasteiger partial charge in [0.05, 0.1) is 5.54 Å². The zero-order valence-electron chi connectivity index (χ0n) is 14.2. The normalized spacial score (nSPS) is 13.4. The molecule has 23 heavy (non-hydrogen) atoms. The summed E-state index contributed by atoms with van der Waals surface area (Å²) in [5.41, 5.74) is 3.52. The van der Waals surface area contributed by atoms with Gasteiger partial charge < -0.3 is 13.3 Å². The fourth-order valence-corrected chi connectivity index (χ4v) is 4.98. The van der Waals surface area contributed by atoms with Gasteiger partial charge in [-0.3, -0.25) is 0 Å². The molecule has 0 heterocycles. The summed E-state index contributed by atoms with van der Waals surface area (Å²) in [5, 5.41) is 0. The predicted octanol–water partition coefficient (Wildman–Crippen LogP) is 4.38. The molecule has 0 aliphatic heterocycles. The van der Waals surface area contributed by atoms with Crippen molar-refractivity contribution in [2.24, 2.45) is 0 Å². The molecular formula is C19H24O3Si. The largest absolute Gasteiger partial charge is 0.507 e. The van der Waals surface area contributed by atoms with E-state index in [1.54, 1.807) is 21.3 Å². The molecule has 0 spiro atoms. The fourth-order valence-electron chi connectivity index (χ4n) is 2.78. The molecule has 2 aromatic carbocycles. The maximum Gasteiger partial charge on any atom is 0.507 e. The molecule has 3 nitrogen and oxygen atoms in total. The molecule has 0 aromatic heterocycles. The minimum Gasteiger partial charge on any atom is -0.376 e. The Morgan fingerprint density at radius 1 is 0.783 bits per heavy atom. The number of benzene rings is 2. The van der Waals surface area contributed by atoms with Crippen LogP contribution in [0.2, 0.25) is 0 Å².